The van der Waals surface area contributed by atoms with E-state index in [1.807, 2.05) is 36.7 Å². The van der Waals surface area contributed by atoms with E-state index in [1.54, 1.807) is 0 Å². The van der Waals surface area contributed by atoms with E-state index in [0.29, 0.717) is 0 Å². The van der Waals surface area contributed by atoms with Gasteiger partial charge in [0.2, 0.25) is 0 Å². The van der Waals surface area contributed by atoms with E-state index in [4.69, 9.17) is 20.0 Å². The molecule has 4 aromatic rings. The highest BCUT2D eigenvalue weighted by Gasteiger charge is 2.40. The Morgan fingerprint density at radius 1 is 0.523 bits per heavy atom. The Morgan fingerprint density at radius 2 is 0.977 bits per heavy atom. The van der Waals surface area contributed by atoms with Gasteiger partial charge in [0.05, 0.1) is 39.6 Å². The van der Waals surface area contributed by atoms with Crippen LogP contribution < -0.4 is 0 Å². The van der Waals surface area contributed by atoms with Crippen molar-refractivity contribution in [3.8, 4) is 0 Å². The summed E-state index contributed by atoms with van der Waals surface area (Å²) in [6.07, 6.45) is 16.0. The van der Waals surface area contributed by atoms with Gasteiger partial charge in [-0.25, -0.2) is 0 Å². The smallest absolute Gasteiger partial charge is 0.0749 e. The summed E-state index contributed by atoms with van der Waals surface area (Å²) < 4.78 is 0. The minimum absolute atomic E-state index is 0.243. The van der Waals surface area contributed by atoms with Gasteiger partial charge in [-0.2, -0.15) is 0 Å². The second kappa shape index (κ2) is 11.0. The van der Waals surface area contributed by atoms with Crippen molar-refractivity contribution in [1.82, 2.24) is 19.9 Å². The summed E-state index contributed by atoms with van der Waals surface area (Å²) >= 11 is 0. The molecule has 3 aliphatic rings. The monoisotopic (exact) mass is 578 g/mol. The second-order valence-corrected chi connectivity index (χ2v) is 11.8. The zero-order valence-corrected chi connectivity index (χ0v) is 25.9. The fourth-order valence-corrected chi connectivity index (χ4v) is 7.27. The van der Waals surface area contributed by atoms with Gasteiger partial charge in [0, 0.05) is 51.7 Å². The molecule has 0 spiro atoms. The van der Waals surface area contributed by atoms with Gasteiger partial charge in [-0.3, -0.25) is 20.0 Å². The first kappa shape index (κ1) is 28.0. The van der Waals surface area contributed by atoms with Crippen LogP contribution in [0.3, 0.4) is 0 Å². The van der Waals surface area contributed by atoms with E-state index in [-0.39, 0.29) is 10.8 Å². The summed E-state index contributed by atoms with van der Waals surface area (Å²) in [5, 5.41) is 0. The predicted octanol–water partition coefficient (Wildman–Crippen LogP) is 8.60. The zero-order valence-electron chi connectivity index (χ0n) is 25.9. The Bertz CT molecular complexity index is 1750. The summed E-state index contributed by atoms with van der Waals surface area (Å²) in [4.78, 5) is 28.0. The lowest BCUT2D eigenvalue weighted by Crippen LogP contribution is -2.35. The lowest BCUT2D eigenvalue weighted by molar-refractivity contribution is 0.455. The lowest BCUT2D eigenvalue weighted by Gasteiger charge is -2.31. The van der Waals surface area contributed by atoms with Crippen LogP contribution in [0.4, 0.5) is 0 Å². The van der Waals surface area contributed by atoms with Gasteiger partial charge < -0.3 is 9.97 Å². The molecule has 0 unspecified atom stereocenters. The van der Waals surface area contributed by atoms with Gasteiger partial charge in [-0.1, -0.05) is 39.8 Å². The first-order valence-electron chi connectivity index (χ1n) is 15.8. The first-order valence-corrected chi connectivity index (χ1v) is 15.8. The number of hydrogen-bond acceptors (Lipinski definition) is 4. The first-order chi connectivity index (χ1) is 21.6. The highest BCUT2D eigenvalue weighted by atomic mass is 14.9. The lowest BCUT2D eigenvalue weighted by atomic mass is 9.73. The minimum atomic E-state index is -0.334. The van der Waals surface area contributed by atoms with E-state index < -0.39 is 0 Å². The molecule has 0 fully saturated rings. The van der Waals surface area contributed by atoms with E-state index in [9.17, 15) is 0 Å². The van der Waals surface area contributed by atoms with Crippen LogP contribution >= 0.6 is 0 Å². The number of fused-ring (bicyclic) bond motifs is 6. The maximum absolute atomic E-state index is 5.36. The molecule has 44 heavy (non-hydrogen) atoms. The summed E-state index contributed by atoms with van der Waals surface area (Å²) in [6.45, 7) is 9.00. The minimum Gasteiger partial charge on any atom is -0.357 e. The molecular formula is C38H38N6. The van der Waals surface area contributed by atoms with Gasteiger partial charge in [0.25, 0.3) is 0 Å². The van der Waals surface area contributed by atoms with Gasteiger partial charge in [0.15, 0.2) is 0 Å². The van der Waals surface area contributed by atoms with Gasteiger partial charge in [-0.05, 0) is 98.5 Å². The van der Waals surface area contributed by atoms with Gasteiger partial charge in [0.1, 0.15) is 0 Å². The number of nitrogens with one attached hydrogen (secondary N) is 2. The Balaban J connectivity index is 1.56. The molecule has 7 heterocycles. The van der Waals surface area contributed by atoms with Crippen LogP contribution in [0, 0.1) is 5.41 Å². The molecule has 8 bridgehead atoms. The Hall–Kier alpha value is -4.84. The quantitative estimate of drug-likeness (QED) is 0.240. The largest absolute Gasteiger partial charge is 0.357 e. The van der Waals surface area contributed by atoms with Crippen molar-refractivity contribution >= 4 is 22.6 Å². The number of H-pyrrole nitrogens is 2. The van der Waals surface area contributed by atoms with Crippen LogP contribution in [0.5, 0.6) is 0 Å². The molecule has 6 nitrogen and oxygen atoms in total. The number of allylic oxidation sites excluding steroid dienone is 4. The van der Waals surface area contributed by atoms with Crippen LogP contribution in [0.2, 0.25) is 0 Å². The molecule has 0 saturated heterocycles. The molecule has 0 atom stereocenters. The van der Waals surface area contributed by atoms with E-state index in [1.165, 1.54) is 11.4 Å². The molecule has 7 rings (SSSR count). The van der Waals surface area contributed by atoms with Crippen LogP contribution in [-0.2, 0) is 5.41 Å². The Labute approximate surface area is 259 Å². The zero-order chi connectivity index (χ0) is 30.3. The third-order valence-corrected chi connectivity index (χ3v) is 9.97. The maximum atomic E-state index is 5.36. The average Bonchev–Trinajstić information content (AvgIpc) is 3.90. The van der Waals surface area contributed by atoms with E-state index in [2.05, 4.69) is 98.4 Å². The third-order valence-electron chi connectivity index (χ3n) is 9.97. The molecule has 4 aromatic heterocycles. The average molecular weight is 579 g/mol. The van der Waals surface area contributed by atoms with Gasteiger partial charge in [-0.15, -0.1) is 0 Å². The summed E-state index contributed by atoms with van der Waals surface area (Å²) in [7, 11) is 0. The SMILES string of the molecule is CCC1(CC)C2=N/C(=C(/c3ccccn3)c3ccc([nH]3)C(CC)(CC)c3ccc([nH]3)/C(c3ccccn3)=C3/C=CC1=N3)C=C2. The molecule has 3 aliphatic heterocycles. The fraction of sp³-hybridized carbons (Fsp3) is 0.263. The normalized spacial score (nSPS) is 21.5. The number of aromatic amines is 2. The summed E-state index contributed by atoms with van der Waals surface area (Å²) in [6, 6.07) is 21.0. The predicted molar refractivity (Wildman–Crippen MR) is 180 cm³/mol. The molecule has 0 saturated carbocycles. The van der Waals surface area contributed by atoms with Crippen LogP contribution in [-0.4, -0.2) is 31.4 Å². The molecule has 6 heteroatoms. The number of aliphatic imine (C=N–C) groups is 2. The maximum Gasteiger partial charge on any atom is 0.0749 e. The molecule has 0 radical (unpaired) electrons. The molecule has 2 N–H and O–H groups in total. The van der Waals surface area contributed by atoms with Crippen LogP contribution in [0.15, 0.2) is 119 Å². The number of aromatic nitrogens is 4. The van der Waals surface area contributed by atoms with Crippen molar-refractivity contribution in [1.29, 1.82) is 0 Å². The van der Waals surface area contributed by atoms with Crippen molar-refractivity contribution in [2.45, 2.75) is 58.8 Å². The van der Waals surface area contributed by atoms with Crippen LogP contribution in [0.1, 0.15) is 87.5 Å². The van der Waals surface area contributed by atoms with Gasteiger partial charge >= 0.3 is 0 Å². The highest BCUT2D eigenvalue weighted by Crippen LogP contribution is 2.43. The standard InChI is InChI=1S/C38H38N6/c1-5-37(6-2)31-19-15-27(41-31)35(25-13-9-11-23-39-25)29-17-21-33(43-29)38(7-3,8-4)34-22-18-30(44-34)36(26-14-10-12-24-40-26)28-16-20-32(37)42-28/h9-24,41-42H,5-8H2,1-4H3/b35-29-,36-30-. The van der Waals surface area contributed by atoms with Crippen molar-refractivity contribution < 1.29 is 0 Å². The highest BCUT2D eigenvalue weighted by molar-refractivity contribution is 6.22. The van der Waals surface area contributed by atoms with Crippen molar-refractivity contribution in [3.63, 3.8) is 0 Å². The topological polar surface area (TPSA) is 82.1 Å². The van der Waals surface area contributed by atoms with Crippen LogP contribution in [0.25, 0.3) is 11.1 Å². The number of rotatable bonds is 6. The van der Waals surface area contributed by atoms with Crippen molar-refractivity contribution in [2.24, 2.45) is 15.4 Å². The van der Waals surface area contributed by atoms with Crippen molar-refractivity contribution in [3.05, 3.63) is 143 Å². The number of nitrogens with zero attached hydrogens (tertiary/aromatic N) is 4. The molecule has 0 amide bonds. The van der Waals surface area contributed by atoms with E-state index in [0.717, 1.165) is 82.4 Å². The van der Waals surface area contributed by atoms with E-state index >= 15 is 0 Å². The third kappa shape index (κ3) is 4.23. The molecule has 220 valence electrons. The second-order valence-electron chi connectivity index (χ2n) is 11.8. The van der Waals surface area contributed by atoms with Crippen molar-refractivity contribution in [2.75, 3.05) is 0 Å². The molecular weight excluding hydrogens is 540 g/mol. The summed E-state index contributed by atoms with van der Waals surface area (Å²) in [5.41, 5.74) is 11.5. The summed E-state index contributed by atoms with van der Waals surface area (Å²) in [5.74, 6) is 0. The fourth-order valence-electron chi connectivity index (χ4n) is 7.27. The Kier molecular flexibility index (Phi) is 7.00. The Morgan fingerprint density at radius 3 is 1.36 bits per heavy atom. The number of pyridine rings is 2. The molecule has 0 aromatic carbocycles. The molecule has 0 aliphatic carbocycles. The number of hydrogen-bond donors (Lipinski definition) is 2.